The third-order valence-electron chi connectivity index (χ3n) is 5.11. The Morgan fingerprint density at radius 3 is 2.79 bits per heavy atom. The number of nitrogens with zero attached hydrogens (tertiary/aromatic N) is 1. The van der Waals surface area contributed by atoms with E-state index in [2.05, 4.69) is 5.32 Å². The monoisotopic (exact) mass is 410 g/mol. The second-order valence-electron chi connectivity index (χ2n) is 6.81. The van der Waals surface area contributed by atoms with Crippen LogP contribution in [0.1, 0.15) is 38.5 Å². The van der Waals surface area contributed by atoms with Crippen molar-refractivity contribution in [3.63, 3.8) is 0 Å². The average Bonchev–Trinajstić information content (AvgIpc) is 3.45. The smallest absolute Gasteiger partial charge is 0.254 e. The summed E-state index contributed by atoms with van der Waals surface area (Å²) in [5.74, 6) is -0.0508. The molecular weight excluding hydrogens is 388 g/mol. The summed E-state index contributed by atoms with van der Waals surface area (Å²) in [5.41, 5.74) is 1.32. The second kappa shape index (κ2) is 8.63. The van der Waals surface area contributed by atoms with Crippen LogP contribution in [0.2, 0.25) is 0 Å². The highest BCUT2D eigenvalue weighted by Gasteiger charge is 2.44. The molecule has 29 heavy (non-hydrogen) atoms. The predicted molar refractivity (Wildman–Crippen MR) is 110 cm³/mol. The number of hydrogen-bond acceptors (Lipinski definition) is 5. The van der Waals surface area contributed by atoms with Gasteiger partial charge in [0.15, 0.2) is 0 Å². The lowest BCUT2D eigenvalue weighted by molar-refractivity contribution is -0.124. The Balaban J connectivity index is 1.74. The van der Waals surface area contributed by atoms with Crippen LogP contribution in [0.3, 0.4) is 0 Å². The van der Waals surface area contributed by atoms with Gasteiger partial charge in [-0.15, -0.1) is 11.3 Å². The highest BCUT2D eigenvalue weighted by atomic mass is 32.1. The molecule has 1 aliphatic rings. The molecule has 150 valence electrons. The van der Waals surface area contributed by atoms with Gasteiger partial charge in [0, 0.05) is 24.1 Å². The summed E-state index contributed by atoms with van der Waals surface area (Å²) >= 11 is 1.55. The fourth-order valence-corrected chi connectivity index (χ4v) is 4.66. The molecule has 6 nitrogen and oxygen atoms in total. The highest BCUT2D eigenvalue weighted by molar-refractivity contribution is 7.10. The Morgan fingerprint density at radius 2 is 2.07 bits per heavy atom. The Labute approximate surface area is 173 Å². The molecule has 0 aliphatic carbocycles. The van der Waals surface area contributed by atoms with Crippen molar-refractivity contribution >= 4 is 23.2 Å². The lowest BCUT2D eigenvalue weighted by Gasteiger charge is -2.41. The molecule has 0 saturated carbocycles. The average molecular weight is 410 g/mol. The van der Waals surface area contributed by atoms with Gasteiger partial charge in [0.25, 0.3) is 5.91 Å². The number of rotatable bonds is 7. The fraction of sp³-hybridized carbons (Fsp3) is 0.273. The van der Waals surface area contributed by atoms with E-state index in [9.17, 15) is 9.59 Å². The van der Waals surface area contributed by atoms with Gasteiger partial charge in [-0.05, 0) is 35.2 Å². The van der Waals surface area contributed by atoms with Crippen LogP contribution in [0, 0.1) is 0 Å². The molecule has 0 spiro atoms. The van der Waals surface area contributed by atoms with Crippen molar-refractivity contribution < 1.29 is 18.7 Å². The molecule has 2 aromatic heterocycles. The van der Waals surface area contributed by atoms with E-state index in [-0.39, 0.29) is 17.9 Å². The van der Waals surface area contributed by atoms with E-state index < -0.39 is 5.92 Å². The van der Waals surface area contributed by atoms with Crippen molar-refractivity contribution in [3.8, 4) is 0 Å². The van der Waals surface area contributed by atoms with Gasteiger partial charge in [0.2, 0.25) is 5.91 Å². The Hall–Kier alpha value is -2.90. The molecule has 1 N–H and O–H groups in total. The topological polar surface area (TPSA) is 71.8 Å². The van der Waals surface area contributed by atoms with Crippen molar-refractivity contribution in [2.45, 2.75) is 18.5 Å². The first kappa shape index (κ1) is 19.4. The van der Waals surface area contributed by atoms with Gasteiger partial charge in [0.05, 0.1) is 31.4 Å². The summed E-state index contributed by atoms with van der Waals surface area (Å²) in [4.78, 5) is 29.4. The molecule has 2 amide bonds. The first-order chi connectivity index (χ1) is 14.2. The predicted octanol–water partition coefficient (Wildman–Crippen LogP) is 3.58. The molecule has 0 unspecified atom stereocenters. The van der Waals surface area contributed by atoms with Crippen molar-refractivity contribution in [1.29, 1.82) is 0 Å². The molecule has 0 fully saturated rings. The largest absolute Gasteiger partial charge is 0.467 e. The maximum absolute atomic E-state index is 13.4. The van der Waals surface area contributed by atoms with Gasteiger partial charge < -0.3 is 19.4 Å². The van der Waals surface area contributed by atoms with Gasteiger partial charge in [0.1, 0.15) is 5.76 Å². The standard InChI is InChI=1S/C22H22N2O4S/c1-27-12-10-24-20(18-9-5-13-29-18)19(16-7-2-3-8-17(16)22(24)26)21(25)23-14-15-6-4-11-28-15/h2-9,11,13,19-20H,10,12,14H2,1H3,(H,23,25)/t19-,20+/m1/s1. The minimum atomic E-state index is -0.519. The lowest BCUT2D eigenvalue weighted by atomic mass is 9.81. The summed E-state index contributed by atoms with van der Waals surface area (Å²) in [6.07, 6.45) is 1.58. The summed E-state index contributed by atoms with van der Waals surface area (Å²) in [5, 5.41) is 4.95. The minimum absolute atomic E-state index is 0.0777. The number of fused-ring (bicyclic) bond motifs is 1. The summed E-state index contributed by atoms with van der Waals surface area (Å²) in [6, 6.07) is 14.5. The second-order valence-corrected chi connectivity index (χ2v) is 7.79. The van der Waals surface area contributed by atoms with E-state index in [1.807, 2.05) is 41.8 Å². The highest BCUT2D eigenvalue weighted by Crippen LogP contribution is 2.44. The molecular formula is C22H22N2O4S. The van der Waals surface area contributed by atoms with Crippen LogP contribution in [0.15, 0.2) is 64.6 Å². The molecule has 2 atom stereocenters. The SMILES string of the molecule is COCCN1C(=O)c2ccccc2[C@@H](C(=O)NCc2ccco2)[C@@H]1c1cccs1. The zero-order chi connectivity index (χ0) is 20.2. The van der Waals surface area contributed by atoms with Gasteiger partial charge >= 0.3 is 0 Å². The van der Waals surface area contributed by atoms with Crippen LogP contribution >= 0.6 is 11.3 Å². The molecule has 7 heteroatoms. The Bertz CT molecular complexity index is 969. The number of thiophene rings is 1. The number of carbonyl (C=O) groups is 2. The van der Waals surface area contributed by atoms with Crippen LogP contribution in [0.25, 0.3) is 0 Å². The fourth-order valence-electron chi connectivity index (χ4n) is 3.78. The van der Waals surface area contributed by atoms with Crippen molar-refractivity contribution in [2.75, 3.05) is 20.3 Å². The molecule has 0 bridgehead atoms. The summed E-state index contributed by atoms with van der Waals surface area (Å²) < 4.78 is 10.6. The van der Waals surface area contributed by atoms with E-state index in [1.165, 1.54) is 0 Å². The normalized spacial score (nSPS) is 18.5. The molecule has 1 aromatic carbocycles. The Kier molecular flexibility index (Phi) is 5.78. The number of amides is 2. The van der Waals surface area contributed by atoms with Gasteiger partial charge in [-0.3, -0.25) is 9.59 Å². The molecule has 0 radical (unpaired) electrons. The summed E-state index contributed by atoms with van der Waals surface area (Å²) in [6.45, 7) is 1.11. The van der Waals surface area contributed by atoms with Crippen LogP contribution < -0.4 is 5.32 Å². The van der Waals surface area contributed by atoms with Crippen molar-refractivity contribution in [3.05, 3.63) is 81.9 Å². The zero-order valence-corrected chi connectivity index (χ0v) is 16.9. The van der Waals surface area contributed by atoms with E-state index in [0.29, 0.717) is 31.0 Å². The number of furan rings is 1. The maximum atomic E-state index is 13.4. The van der Waals surface area contributed by atoms with Crippen LogP contribution in [0.4, 0.5) is 0 Å². The molecule has 1 aliphatic heterocycles. The van der Waals surface area contributed by atoms with E-state index in [1.54, 1.807) is 41.7 Å². The van der Waals surface area contributed by atoms with Crippen molar-refractivity contribution in [1.82, 2.24) is 10.2 Å². The molecule has 4 rings (SSSR count). The van der Waals surface area contributed by atoms with Crippen LogP contribution in [0.5, 0.6) is 0 Å². The maximum Gasteiger partial charge on any atom is 0.254 e. The number of ether oxygens (including phenoxy) is 1. The molecule has 0 saturated heterocycles. The lowest BCUT2D eigenvalue weighted by Crippen LogP contribution is -2.48. The van der Waals surface area contributed by atoms with Gasteiger partial charge in [-0.1, -0.05) is 24.3 Å². The third-order valence-corrected chi connectivity index (χ3v) is 6.05. The van der Waals surface area contributed by atoms with E-state index in [4.69, 9.17) is 9.15 Å². The Morgan fingerprint density at radius 1 is 1.21 bits per heavy atom. The zero-order valence-electron chi connectivity index (χ0n) is 16.0. The van der Waals surface area contributed by atoms with E-state index in [0.717, 1.165) is 10.4 Å². The third kappa shape index (κ3) is 3.83. The molecule has 3 aromatic rings. The number of methoxy groups -OCH3 is 1. The van der Waals surface area contributed by atoms with Gasteiger partial charge in [-0.25, -0.2) is 0 Å². The van der Waals surface area contributed by atoms with Crippen LogP contribution in [-0.2, 0) is 16.1 Å². The molecule has 3 heterocycles. The minimum Gasteiger partial charge on any atom is -0.467 e. The number of benzene rings is 1. The van der Waals surface area contributed by atoms with Crippen molar-refractivity contribution in [2.24, 2.45) is 0 Å². The van der Waals surface area contributed by atoms with Crippen LogP contribution in [-0.4, -0.2) is 37.0 Å². The van der Waals surface area contributed by atoms with E-state index >= 15 is 0 Å². The first-order valence-electron chi connectivity index (χ1n) is 9.43. The van der Waals surface area contributed by atoms with Gasteiger partial charge in [-0.2, -0.15) is 0 Å². The number of carbonyl (C=O) groups excluding carboxylic acids is 2. The first-order valence-corrected chi connectivity index (χ1v) is 10.3. The quantitative estimate of drug-likeness (QED) is 0.646. The number of nitrogens with one attached hydrogen (secondary N) is 1. The number of hydrogen-bond donors (Lipinski definition) is 1. The summed E-state index contributed by atoms with van der Waals surface area (Å²) in [7, 11) is 1.61.